The summed E-state index contributed by atoms with van der Waals surface area (Å²) in [5.41, 5.74) is 2.66. The van der Waals surface area contributed by atoms with Gasteiger partial charge in [-0.25, -0.2) is 0 Å². The van der Waals surface area contributed by atoms with Crippen LogP contribution in [0.3, 0.4) is 0 Å². The molecule has 3 atom stereocenters. The van der Waals surface area contributed by atoms with Gasteiger partial charge in [0.15, 0.2) is 0 Å². The topological polar surface area (TPSA) is 43.8 Å². The molecule has 4 nitrogen and oxygen atoms in total. The van der Waals surface area contributed by atoms with E-state index in [2.05, 4.69) is 85.1 Å². The molecule has 2 saturated heterocycles. The van der Waals surface area contributed by atoms with E-state index in [1.54, 1.807) is 0 Å². The van der Waals surface area contributed by atoms with Gasteiger partial charge in [-0.2, -0.15) is 0 Å². The fraction of sp³-hybridized carbons (Fsp3) is 0.667. The van der Waals surface area contributed by atoms with Crippen molar-refractivity contribution in [1.29, 1.82) is 0 Å². The summed E-state index contributed by atoms with van der Waals surface area (Å²) in [6, 6.07) is 8.37. The van der Waals surface area contributed by atoms with Crippen LogP contribution in [0, 0.1) is 18.8 Å². The molecular formula is C21H32I2N2O2. The van der Waals surface area contributed by atoms with E-state index in [-0.39, 0.29) is 0 Å². The summed E-state index contributed by atoms with van der Waals surface area (Å²) >= 11 is 4.24. The number of carboxylic acids is 1. The zero-order chi connectivity index (χ0) is 20.0. The van der Waals surface area contributed by atoms with Crippen molar-refractivity contribution in [3.63, 3.8) is 0 Å². The molecule has 2 fully saturated rings. The van der Waals surface area contributed by atoms with Crippen LogP contribution in [-0.4, -0.2) is 59.6 Å². The number of rotatable bonds is 5. The Morgan fingerprint density at radius 2 is 1.93 bits per heavy atom. The maximum absolute atomic E-state index is 11.5. The number of halogens is 2. The Balaban J connectivity index is 0.00000126. The van der Waals surface area contributed by atoms with Gasteiger partial charge in [-0.05, 0) is 57.2 Å². The lowest BCUT2D eigenvalue weighted by molar-refractivity contribution is -0.142. The van der Waals surface area contributed by atoms with Crippen molar-refractivity contribution in [3.8, 4) is 0 Å². The smallest absolute Gasteiger partial charge is 0.320 e. The molecule has 0 bridgehead atoms. The van der Waals surface area contributed by atoms with Crippen LogP contribution in [0.5, 0.6) is 0 Å². The number of aryl methyl sites for hydroxylation is 1. The average Bonchev–Trinajstić information content (AvgIpc) is 3.08. The van der Waals surface area contributed by atoms with E-state index >= 15 is 0 Å². The highest BCUT2D eigenvalue weighted by molar-refractivity contribution is 15.0. The SMILES string of the molecule is Cc1cccc([C@H]2CN([C@H](C)C(=O)O)C[C@@H]2CN2CCC(C)CC2)c1.II. The molecule has 2 aliphatic rings. The zero-order valence-electron chi connectivity index (χ0n) is 16.6. The van der Waals surface area contributed by atoms with Crippen molar-refractivity contribution >= 4 is 43.2 Å². The van der Waals surface area contributed by atoms with Crippen molar-refractivity contribution in [3.05, 3.63) is 35.4 Å². The van der Waals surface area contributed by atoms with Crippen LogP contribution in [0.2, 0.25) is 0 Å². The van der Waals surface area contributed by atoms with Gasteiger partial charge in [0.25, 0.3) is 0 Å². The summed E-state index contributed by atoms with van der Waals surface area (Å²) in [4.78, 5) is 16.2. The number of nitrogens with zero attached hydrogens (tertiary/aromatic N) is 2. The van der Waals surface area contributed by atoms with Gasteiger partial charge in [-0.1, -0.05) is 36.8 Å². The van der Waals surface area contributed by atoms with E-state index in [9.17, 15) is 9.90 Å². The molecule has 1 aromatic rings. The molecule has 0 unspecified atom stereocenters. The molecule has 1 aromatic carbocycles. The third-order valence-corrected chi connectivity index (χ3v) is 6.21. The maximum atomic E-state index is 11.5. The standard InChI is InChI=1S/C21H32N2O2.I2/c1-15-7-9-22(10-8-15)12-19-13-23(17(3)21(24)25)14-20(19)18-6-4-5-16(2)11-18;1-2/h4-6,11,15,17,19-20H,7-10,12-14H2,1-3H3,(H,24,25);/t17-,19+,20-;/m1./s1. The summed E-state index contributed by atoms with van der Waals surface area (Å²) in [5.74, 6) is 1.07. The molecule has 2 aliphatic heterocycles. The van der Waals surface area contributed by atoms with Crippen LogP contribution < -0.4 is 0 Å². The van der Waals surface area contributed by atoms with Crippen molar-refractivity contribution in [2.45, 2.75) is 45.6 Å². The third-order valence-electron chi connectivity index (χ3n) is 6.21. The Hall–Kier alpha value is 0.0700. The lowest BCUT2D eigenvalue weighted by Crippen LogP contribution is -2.40. The van der Waals surface area contributed by atoms with E-state index in [4.69, 9.17) is 0 Å². The summed E-state index contributed by atoms with van der Waals surface area (Å²) in [7, 11) is 0. The lowest BCUT2D eigenvalue weighted by atomic mass is 9.87. The molecule has 0 aliphatic carbocycles. The average molecular weight is 598 g/mol. The minimum absolute atomic E-state index is 0.404. The quantitative estimate of drug-likeness (QED) is 0.486. The first-order valence-electron chi connectivity index (χ1n) is 9.84. The first-order valence-corrected chi connectivity index (χ1v) is 16.1. The predicted molar refractivity (Wildman–Crippen MR) is 129 cm³/mol. The number of likely N-dealkylation sites (tertiary alicyclic amines) is 2. The van der Waals surface area contributed by atoms with Crippen LogP contribution in [0.4, 0.5) is 0 Å². The van der Waals surface area contributed by atoms with Crippen LogP contribution in [-0.2, 0) is 4.79 Å². The van der Waals surface area contributed by atoms with E-state index in [0.717, 1.165) is 25.6 Å². The molecule has 152 valence electrons. The fourth-order valence-corrected chi connectivity index (χ4v) is 4.42. The second-order valence-corrected chi connectivity index (χ2v) is 8.23. The van der Waals surface area contributed by atoms with E-state index in [1.807, 2.05) is 6.92 Å². The van der Waals surface area contributed by atoms with Gasteiger partial charge >= 0.3 is 5.97 Å². The maximum Gasteiger partial charge on any atom is 0.320 e. The Morgan fingerprint density at radius 3 is 2.52 bits per heavy atom. The zero-order valence-corrected chi connectivity index (χ0v) is 20.9. The number of piperidine rings is 1. The largest absolute Gasteiger partial charge is 0.480 e. The first kappa shape index (κ1) is 23.3. The summed E-state index contributed by atoms with van der Waals surface area (Å²) in [6.45, 7) is 11.5. The van der Waals surface area contributed by atoms with Gasteiger partial charge in [0, 0.05) is 62.8 Å². The Morgan fingerprint density at radius 1 is 1.26 bits per heavy atom. The van der Waals surface area contributed by atoms with Crippen molar-refractivity contribution in [1.82, 2.24) is 9.80 Å². The third kappa shape index (κ3) is 6.54. The molecule has 0 spiro atoms. The first-order chi connectivity index (χ1) is 12.9. The summed E-state index contributed by atoms with van der Waals surface area (Å²) in [5, 5.41) is 9.43. The summed E-state index contributed by atoms with van der Waals surface area (Å²) < 4.78 is 0. The number of hydrogen-bond donors (Lipinski definition) is 1. The molecule has 27 heavy (non-hydrogen) atoms. The highest BCUT2D eigenvalue weighted by atomic mass is 128. The highest BCUT2D eigenvalue weighted by Crippen LogP contribution is 2.35. The van der Waals surface area contributed by atoms with E-state index in [0.29, 0.717) is 11.8 Å². The van der Waals surface area contributed by atoms with Crippen molar-refractivity contribution in [2.75, 3.05) is 32.7 Å². The van der Waals surface area contributed by atoms with Gasteiger partial charge in [0.05, 0.1) is 0 Å². The molecule has 3 rings (SSSR count). The van der Waals surface area contributed by atoms with E-state index in [1.165, 1.54) is 37.1 Å². The van der Waals surface area contributed by atoms with E-state index < -0.39 is 12.0 Å². The molecule has 0 radical (unpaired) electrons. The Kier molecular flexibility index (Phi) is 9.78. The van der Waals surface area contributed by atoms with Gasteiger partial charge < -0.3 is 10.0 Å². The normalized spacial score (nSPS) is 25.7. The van der Waals surface area contributed by atoms with Gasteiger partial charge in [-0.15, -0.1) is 0 Å². The predicted octanol–water partition coefficient (Wildman–Crippen LogP) is 4.99. The number of carbonyl (C=O) groups is 1. The monoisotopic (exact) mass is 598 g/mol. The second-order valence-electron chi connectivity index (χ2n) is 8.23. The fourth-order valence-electron chi connectivity index (χ4n) is 4.42. The van der Waals surface area contributed by atoms with Gasteiger partial charge in [0.2, 0.25) is 0 Å². The van der Waals surface area contributed by atoms with Crippen molar-refractivity contribution < 1.29 is 9.90 Å². The van der Waals surface area contributed by atoms with Gasteiger partial charge in [0.1, 0.15) is 6.04 Å². The molecule has 0 amide bonds. The molecule has 2 heterocycles. The van der Waals surface area contributed by atoms with Crippen LogP contribution in [0.15, 0.2) is 24.3 Å². The van der Waals surface area contributed by atoms with Crippen LogP contribution in [0.1, 0.15) is 43.7 Å². The van der Waals surface area contributed by atoms with Crippen LogP contribution in [0.25, 0.3) is 0 Å². The molecular weight excluding hydrogens is 566 g/mol. The van der Waals surface area contributed by atoms with Gasteiger partial charge in [-0.3, -0.25) is 9.69 Å². The molecule has 6 heteroatoms. The van der Waals surface area contributed by atoms with Crippen molar-refractivity contribution in [2.24, 2.45) is 11.8 Å². The minimum atomic E-state index is -0.713. The lowest BCUT2D eigenvalue weighted by Gasteiger charge is -2.33. The number of benzene rings is 1. The number of aliphatic carboxylic acids is 1. The van der Waals surface area contributed by atoms with Crippen LogP contribution >= 0.6 is 37.2 Å². The minimum Gasteiger partial charge on any atom is -0.480 e. The molecule has 0 saturated carbocycles. The molecule has 0 aromatic heterocycles. The molecule has 1 N–H and O–H groups in total. The Labute approximate surface area is 187 Å². The Bertz CT molecular complexity index is 606. The number of hydrogen-bond acceptors (Lipinski definition) is 3. The summed E-state index contributed by atoms with van der Waals surface area (Å²) in [6.07, 6.45) is 2.58. The highest BCUT2D eigenvalue weighted by Gasteiger charge is 2.38. The number of carboxylic acid groups (broad SMARTS) is 1. The second kappa shape index (κ2) is 11.3.